The summed E-state index contributed by atoms with van der Waals surface area (Å²) in [6.45, 7) is 7.76. The van der Waals surface area contributed by atoms with E-state index in [1.807, 2.05) is 31.2 Å². The van der Waals surface area contributed by atoms with E-state index in [0.717, 1.165) is 48.8 Å². The summed E-state index contributed by atoms with van der Waals surface area (Å²) in [6.07, 6.45) is 2.73. The summed E-state index contributed by atoms with van der Waals surface area (Å²) in [5.41, 5.74) is 11.9. The number of fused-ring (bicyclic) bond motifs is 2. The van der Waals surface area contributed by atoms with Crippen molar-refractivity contribution in [3.8, 4) is 11.3 Å². The Labute approximate surface area is 332 Å². The van der Waals surface area contributed by atoms with Crippen LogP contribution in [-0.2, 0) is 29.0 Å². The van der Waals surface area contributed by atoms with Crippen molar-refractivity contribution in [2.45, 2.75) is 52.0 Å². The van der Waals surface area contributed by atoms with Crippen LogP contribution in [0.5, 0.6) is 0 Å². The van der Waals surface area contributed by atoms with Crippen LogP contribution in [0.2, 0.25) is 0 Å². The van der Waals surface area contributed by atoms with E-state index >= 15 is 8.78 Å². The number of carbonyl (C=O) groups is 4. The number of hydrogen-bond acceptors (Lipinski definition) is 10. The van der Waals surface area contributed by atoms with Crippen LogP contribution in [0.15, 0.2) is 60.8 Å². The molecule has 1 unspecified atom stereocenters. The van der Waals surface area contributed by atoms with Crippen LogP contribution in [0.1, 0.15) is 67.6 Å². The number of nitrogens with one attached hydrogen (secondary N) is 3. The van der Waals surface area contributed by atoms with E-state index in [-0.39, 0.29) is 29.7 Å². The molecule has 5 N–H and O–H groups in total. The zero-order chi connectivity index (χ0) is 40.7. The Morgan fingerprint density at radius 3 is 2.43 bits per heavy atom. The highest BCUT2D eigenvalue weighted by Crippen LogP contribution is 2.36. The molecule has 3 aliphatic rings. The summed E-state index contributed by atoms with van der Waals surface area (Å²) in [7, 11) is 0. The fourth-order valence-corrected chi connectivity index (χ4v) is 7.98. The molecule has 5 aromatic rings. The molecular weight excluding hydrogens is 747 g/mol. The van der Waals surface area contributed by atoms with Gasteiger partial charge in [-0.25, -0.2) is 18.4 Å². The highest BCUT2D eigenvalue weighted by Gasteiger charge is 2.33. The van der Waals surface area contributed by atoms with Gasteiger partial charge in [-0.05, 0) is 98.3 Å². The standard InChI is InChI=1S/C42H42F2N10O4/c1-23-18-27(22-46-37(23)42(58)49-33-5-3-4-24(2)47-33)38-36(39(45)56)40-48-32-8-6-28(21-26(32)11-13-54(40)51-38)53-16-14-52(15-17-53)12-10-25-19-30(43)35(31(44)20-25)29-7-9-34(55)50-41(29)57/h3-6,8,18-22,29,48H,7,9-17H2,1-2H3,(H2,45,56)(H,47,49,58)(H,50,55,57). The SMILES string of the molecule is Cc1cccc(NC(=O)c2ncc(-c3nn4c(c3C(N)=O)Nc3ccc(N5CCN(CCc6cc(F)c(C7CCC(=O)NC7=O)c(F)c6)CC5)cc3CC4)cc2C)n1. The number of aromatic nitrogens is 4. The molecule has 3 aromatic heterocycles. The van der Waals surface area contributed by atoms with E-state index in [0.29, 0.717) is 60.0 Å². The maximum atomic E-state index is 15.1. The molecule has 2 saturated heterocycles. The maximum absolute atomic E-state index is 15.1. The van der Waals surface area contributed by atoms with Gasteiger partial charge >= 0.3 is 0 Å². The second kappa shape index (κ2) is 15.8. The molecule has 0 aliphatic carbocycles. The van der Waals surface area contributed by atoms with Gasteiger partial charge in [0.1, 0.15) is 40.2 Å². The zero-order valence-corrected chi connectivity index (χ0v) is 32.1. The Morgan fingerprint density at radius 2 is 1.72 bits per heavy atom. The first kappa shape index (κ1) is 38.3. The fraction of sp³-hybridized carbons (Fsp3) is 0.310. The van der Waals surface area contributed by atoms with E-state index < -0.39 is 41.2 Å². The second-order valence-corrected chi connectivity index (χ2v) is 14.9. The number of benzene rings is 2. The number of aryl methyl sites for hydroxylation is 4. The van der Waals surface area contributed by atoms with E-state index in [9.17, 15) is 19.2 Å². The van der Waals surface area contributed by atoms with Gasteiger partial charge < -0.3 is 21.3 Å². The monoisotopic (exact) mass is 788 g/mol. The summed E-state index contributed by atoms with van der Waals surface area (Å²) >= 11 is 0. The number of piperidine rings is 1. The number of anilines is 4. The average Bonchev–Trinajstić information content (AvgIpc) is 3.45. The Kier molecular flexibility index (Phi) is 10.4. The van der Waals surface area contributed by atoms with Crippen molar-refractivity contribution < 1.29 is 28.0 Å². The Morgan fingerprint density at radius 1 is 0.948 bits per heavy atom. The molecule has 0 spiro atoms. The minimum atomic E-state index is -1.02. The molecule has 2 aromatic carbocycles. The summed E-state index contributed by atoms with van der Waals surface area (Å²) in [5, 5.41) is 13.2. The van der Waals surface area contributed by atoms with Crippen LogP contribution >= 0.6 is 0 Å². The number of halogens is 2. The number of carbonyl (C=O) groups excluding carboxylic acids is 4. The molecule has 58 heavy (non-hydrogen) atoms. The quantitative estimate of drug-likeness (QED) is 0.152. The van der Waals surface area contributed by atoms with Gasteiger partial charge in [0.2, 0.25) is 11.8 Å². The number of hydrogen-bond donors (Lipinski definition) is 4. The van der Waals surface area contributed by atoms with Gasteiger partial charge in [-0.15, -0.1) is 0 Å². The van der Waals surface area contributed by atoms with Gasteiger partial charge in [0.05, 0.1) is 5.92 Å². The first-order chi connectivity index (χ1) is 27.9. The van der Waals surface area contributed by atoms with Crippen molar-refractivity contribution >= 4 is 46.6 Å². The number of primary amides is 1. The normalized spacial score (nSPS) is 16.8. The molecule has 2 fully saturated rings. The zero-order valence-electron chi connectivity index (χ0n) is 32.1. The molecule has 6 heterocycles. The third-order valence-electron chi connectivity index (χ3n) is 11.0. The molecule has 4 amide bonds. The molecule has 16 heteroatoms. The maximum Gasteiger partial charge on any atom is 0.275 e. The second-order valence-electron chi connectivity index (χ2n) is 14.9. The fourth-order valence-electron chi connectivity index (χ4n) is 7.98. The number of nitrogens with two attached hydrogens (primary N) is 1. The van der Waals surface area contributed by atoms with Crippen LogP contribution in [0.25, 0.3) is 11.3 Å². The van der Waals surface area contributed by atoms with Crippen LogP contribution < -0.4 is 26.6 Å². The van der Waals surface area contributed by atoms with Gasteiger partial charge in [0.15, 0.2) is 0 Å². The molecule has 1 atom stereocenters. The van der Waals surface area contributed by atoms with Crippen molar-refractivity contribution in [1.29, 1.82) is 0 Å². The summed E-state index contributed by atoms with van der Waals surface area (Å²) in [4.78, 5) is 63.0. The van der Waals surface area contributed by atoms with Crippen LogP contribution in [0, 0.1) is 25.5 Å². The lowest BCUT2D eigenvalue weighted by molar-refractivity contribution is -0.134. The van der Waals surface area contributed by atoms with Gasteiger partial charge in [0, 0.05) is 80.1 Å². The number of imide groups is 1. The van der Waals surface area contributed by atoms with Gasteiger partial charge in [-0.2, -0.15) is 5.10 Å². The van der Waals surface area contributed by atoms with Crippen molar-refractivity contribution in [2.75, 3.05) is 48.3 Å². The molecule has 0 radical (unpaired) electrons. The topological polar surface area (TPSA) is 180 Å². The third kappa shape index (κ3) is 7.74. The highest BCUT2D eigenvalue weighted by atomic mass is 19.1. The molecule has 14 nitrogen and oxygen atoms in total. The smallest absolute Gasteiger partial charge is 0.275 e. The molecule has 3 aliphatic heterocycles. The third-order valence-corrected chi connectivity index (χ3v) is 11.0. The lowest BCUT2D eigenvalue weighted by Crippen LogP contribution is -2.47. The Hall–Kier alpha value is -6.55. The van der Waals surface area contributed by atoms with Gasteiger partial charge in [-0.3, -0.25) is 34.4 Å². The van der Waals surface area contributed by atoms with E-state index in [2.05, 4.69) is 41.8 Å². The first-order valence-electron chi connectivity index (χ1n) is 19.2. The summed E-state index contributed by atoms with van der Waals surface area (Å²) < 4.78 is 31.9. The van der Waals surface area contributed by atoms with Crippen molar-refractivity contribution in [3.05, 3.63) is 112 Å². The average molecular weight is 789 g/mol. The summed E-state index contributed by atoms with van der Waals surface area (Å²) in [5.74, 6) is -3.79. The predicted molar refractivity (Wildman–Crippen MR) is 213 cm³/mol. The number of pyridine rings is 2. The molecular formula is C42H42F2N10O4. The van der Waals surface area contributed by atoms with E-state index in [1.54, 1.807) is 23.7 Å². The first-order valence-corrected chi connectivity index (χ1v) is 19.2. The van der Waals surface area contributed by atoms with Crippen LogP contribution in [0.3, 0.4) is 0 Å². The summed E-state index contributed by atoms with van der Waals surface area (Å²) in [6, 6.07) is 15.9. The van der Waals surface area contributed by atoms with Crippen molar-refractivity contribution in [3.63, 3.8) is 0 Å². The lowest BCUT2D eigenvalue weighted by Gasteiger charge is -2.36. The minimum absolute atomic E-state index is 0.0456. The van der Waals surface area contributed by atoms with E-state index in [1.165, 1.54) is 18.3 Å². The number of amides is 4. The van der Waals surface area contributed by atoms with Crippen LogP contribution in [0.4, 0.5) is 31.8 Å². The predicted octanol–water partition coefficient (Wildman–Crippen LogP) is 4.77. The minimum Gasteiger partial charge on any atom is -0.369 e. The molecule has 298 valence electrons. The van der Waals surface area contributed by atoms with Gasteiger partial charge in [-0.1, -0.05) is 6.07 Å². The number of rotatable bonds is 9. The van der Waals surface area contributed by atoms with Crippen molar-refractivity contribution in [2.24, 2.45) is 5.73 Å². The lowest BCUT2D eigenvalue weighted by atomic mass is 9.89. The Balaban J connectivity index is 0.906. The number of nitrogens with zero attached hydrogens (tertiary/aromatic N) is 6. The molecule has 0 saturated carbocycles. The van der Waals surface area contributed by atoms with Crippen molar-refractivity contribution in [1.82, 2.24) is 30.0 Å². The van der Waals surface area contributed by atoms with Crippen LogP contribution in [-0.4, -0.2) is 81.0 Å². The molecule has 8 rings (SSSR count). The number of piperazine rings is 1. The van der Waals surface area contributed by atoms with E-state index in [4.69, 9.17) is 10.8 Å². The Bertz CT molecular complexity index is 2460. The highest BCUT2D eigenvalue weighted by molar-refractivity contribution is 6.06. The van der Waals surface area contributed by atoms with Gasteiger partial charge in [0.25, 0.3) is 11.8 Å². The largest absolute Gasteiger partial charge is 0.369 e. The molecule has 0 bridgehead atoms.